The average Bonchev–Trinajstić information content (AvgIpc) is 3.00. The van der Waals surface area contributed by atoms with Crippen LogP contribution in [0.2, 0.25) is 0 Å². The third-order valence-corrected chi connectivity index (χ3v) is 7.65. The second-order valence-electron chi connectivity index (χ2n) is 9.70. The first-order chi connectivity index (χ1) is 15.1. The number of rotatable bonds is 3. The van der Waals surface area contributed by atoms with Gasteiger partial charge in [0.1, 0.15) is 11.6 Å². The van der Waals surface area contributed by atoms with Crippen LogP contribution in [0.1, 0.15) is 30.9 Å². The lowest BCUT2D eigenvalue weighted by Gasteiger charge is -2.36. The fourth-order valence-electron chi connectivity index (χ4n) is 5.91. The first-order valence-corrected chi connectivity index (χ1v) is 11.8. The fourth-order valence-corrected chi connectivity index (χ4v) is 5.91. The molecule has 31 heavy (non-hydrogen) atoms. The molecule has 4 aliphatic heterocycles. The van der Waals surface area contributed by atoms with Crippen molar-refractivity contribution in [2.75, 3.05) is 66.1 Å². The van der Waals surface area contributed by atoms with Gasteiger partial charge in [-0.25, -0.2) is 4.39 Å². The Hall–Kier alpha value is -1.70. The lowest BCUT2D eigenvalue weighted by Crippen LogP contribution is -2.42. The lowest BCUT2D eigenvalue weighted by atomic mass is 9.84. The van der Waals surface area contributed by atoms with E-state index in [0.717, 1.165) is 83.1 Å². The summed E-state index contributed by atoms with van der Waals surface area (Å²) < 4.78 is 25.8. The molecule has 3 atom stereocenters. The molecule has 5 rings (SSSR count). The minimum absolute atomic E-state index is 0.0471. The van der Waals surface area contributed by atoms with Crippen LogP contribution in [-0.4, -0.2) is 86.7 Å². The molecule has 0 spiro atoms. The van der Waals surface area contributed by atoms with Crippen LogP contribution in [0.15, 0.2) is 18.2 Å². The zero-order valence-corrected chi connectivity index (χ0v) is 18.5. The molecule has 6 nitrogen and oxygen atoms in total. The van der Waals surface area contributed by atoms with Crippen LogP contribution in [0, 0.1) is 23.6 Å². The van der Waals surface area contributed by atoms with E-state index in [2.05, 4.69) is 21.7 Å². The number of benzene rings is 1. The molecule has 3 fully saturated rings. The SMILES string of the molecule is CN1CCCN(C(=O)[C@@H]2CN(CC3CCOCC3)[C@H]3c4cc(F)ccc4OC[C@@H]23)CC1. The number of likely N-dealkylation sites (N-methyl/N-ethyl adjacent to an activating group) is 1. The van der Waals surface area contributed by atoms with E-state index in [9.17, 15) is 9.18 Å². The summed E-state index contributed by atoms with van der Waals surface area (Å²) in [6.07, 6.45) is 3.12. The molecule has 4 aliphatic rings. The third kappa shape index (κ3) is 4.32. The quantitative estimate of drug-likeness (QED) is 0.736. The maximum atomic E-state index is 14.2. The molecule has 1 amide bonds. The Morgan fingerprint density at radius 1 is 1.16 bits per heavy atom. The van der Waals surface area contributed by atoms with Crippen molar-refractivity contribution in [2.24, 2.45) is 17.8 Å². The second-order valence-corrected chi connectivity index (χ2v) is 9.70. The molecule has 7 heteroatoms. The van der Waals surface area contributed by atoms with Gasteiger partial charge in [0, 0.05) is 63.5 Å². The van der Waals surface area contributed by atoms with E-state index in [1.165, 1.54) is 6.07 Å². The van der Waals surface area contributed by atoms with Gasteiger partial charge in [0.15, 0.2) is 0 Å². The topological polar surface area (TPSA) is 45.2 Å². The van der Waals surface area contributed by atoms with Crippen molar-refractivity contribution in [2.45, 2.75) is 25.3 Å². The summed E-state index contributed by atoms with van der Waals surface area (Å²) in [6, 6.07) is 4.88. The van der Waals surface area contributed by atoms with E-state index in [4.69, 9.17) is 9.47 Å². The predicted molar refractivity (Wildman–Crippen MR) is 115 cm³/mol. The molecule has 1 aromatic rings. The second kappa shape index (κ2) is 9.04. The van der Waals surface area contributed by atoms with Gasteiger partial charge in [-0.2, -0.15) is 0 Å². The highest BCUT2D eigenvalue weighted by molar-refractivity contribution is 5.80. The van der Waals surface area contributed by atoms with Gasteiger partial charge in [0.2, 0.25) is 5.91 Å². The number of carbonyl (C=O) groups excluding carboxylic acids is 1. The minimum Gasteiger partial charge on any atom is -0.493 e. The highest BCUT2D eigenvalue weighted by atomic mass is 19.1. The third-order valence-electron chi connectivity index (χ3n) is 7.65. The van der Waals surface area contributed by atoms with E-state index in [1.54, 1.807) is 12.1 Å². The van der Waals surface area contributed by atoms with Gasteiger partial charge in [-0.15, -0.1) is 0 Å². The molecular formula is C24H34FN3O3. The number of hydrogen-bond donors (Lipinski definition) is 0. The largest absolute Gasteiger partial charge is 0.493 e. The van der Waals surface area contributed by atoms with Crippen molar-refractivity contribution < 1.29 is 18.7 Å². The van der Waals surface area contributed by atoms with Crippen LogP contribution >= 0.6 is 0 Å². The Morgan fingerprint density at radius 3 is 2.84 bits per heavy atom. The minimum atomic E-state index is -0.237. The van der Waals surface area contributed by atoms with Gasteiger partial charge in [-0.3, -0.25) is 9.69 Å². The van der Waals surface area contributed by atoms with Crippen molar-refractivity contribution in [1.29, 1.82) is 0 Å². The standard InChI is InChI=1S/C24H34FN3O3/c1-26-7-2-8-27(10-9-26)24(29)20-15-28(14-17-5-11-30-12-6-17)23-19-13-18(25)3-4-22(19)31-16-21(20)23/h3-4,13,17,20-21,23H,2,5-12,14-16H2,1H3/t20-,21+,23+/m1/s1. The summed E-state index contributed by atoms with van der Waals surface area (Å²) in [6.45, 7) is 7.38. The highest BCUT2D eigenvalue weighted by Crippen LogP contribution is 2.48. The Morgan fingerprint density at radius 2 is 2.00 bits per heavy atom. The molecule has 0 aromatic heterocycles. The zero-order chi connectivity index (χ0) is 21.4. The number of likely N-dealkylation sites (tertiary alicyclic amines) is 1. The molecule has 0 aliphatic carbocycles. The maximum absolute atomic E-state index is 14.2. The average molecular weight is 432 g/mol. The number of hydrogen-bond acceptors (Lipinski definition) is 5. The van der Waals surface area contributed by atoms with Crippen LogP contribution in [-0.2, 0) is 9.53 Å². The monoisotopic (exact) mass is 431 g/mol. The van der Waals surface area contributed by atoms with Crippen LogP contribution in [0.4, 0.5) is 4.39 Å². The summed E-state index contributed by atoms with van der Waals surface area (Å²) in [4.78, 5) is 20.5. The number of halogens is 1. The van der Waals surface area contributed by atoms with E-state index < -0.39 is 0 Å². The molecule has 0 radical (unpaired) electrons. The van der Waals surface area contributed by atoms with Gasteiger partial charge >= 0.3 is 0 Å². The zero-order valence-electron chi connectivity index (χ0n) is 18.5. The van der Waals surface area contributed by atoms with E-state index in [0.29, 0.717) is 12.5 Å². The molecule has 0 N–H and O–H groups in total. The van der Waals surface area contributed by atoms with Crippen LogP contribution in [0.25, 0.3) is 0 Å². The summed E-state index contributed by atoms with van der Waals surface area (Å²) in [5, 5.41) is 0. The van der Waals surface area contributed by atoms with Crippen LogP contribution < -0.4 is 4.74 Å². The summed E-state index contributed by atoms with van der Waals surface area (Å²) >= 11 is 0. The lowest BCUT2D eigenvalue weighted by molar-refractivity contribution is -0.136. The van der Waals surface area contributed by atoms with Gasteiger partial charge in [-0.05, 0) is 57.0 Å². The summed E-state index contributed by atoms with van der Waals surface area (Å²) in [5.41, 5.74) is 0.911. The highest BCUT2D eigenvalue weighted by Gasteiger charge is 2.50. The molecule has 3 saturated heterocycles. The molecule has 0 unspecified atom stereocenters. The molecule has 0 bridgehead atoms. The predicted octanol–water partition coefficient (Wildman–Crippen LogP) is 2.40. The normalized spacial score (nSPS) is 30.4. The number of carbonyl (C=O) groups is 1. The number of ether oxygens (including phenoxy) is 2. The first-order valence-electron chi connectivity index (χ1n) is 11.8. The number of fused-ring (bicyclic) bond motifs is 3. The molecular weight excluding hydrogens is 397 g/mol. The number of amides is 1. The molecule has 4 heterocycles. The summed E-state index contributed by atoms with van der Waals surface area (Å²) in [7, 11) is 2.12. The smallest absolute Gasteiger partial charge is 0.227 e. The fraction of sp³-hybridized carbons (Fsp3) is 0.708. The van der Waals surface area contributed by atoms with Crippen LogP contribution in [0.3, 0.4) is 0 Å². The van der Waals surface area contributed by atoms with E-state index >= 15 is 0 Å². The van der Waals surface area contributed by atoms with Crippen molar-refractivity contribution in [3.05, 3.63) is 29.6 Å². The maximum Gasteiger partial charge on any atom is 0.227 e. The van der Waals surface area contributed by atoms with Crippen molar-refractivity contribution in [3.63, 3.8) is 0 Å². The molecule has 0 saturated carbocycles. The molecule has 170 valence electrons. The first kappa shape index (κ1) is 21.2. The molecule has 1 aromatic carbocycles. The van der Waals surface area contributed by atoms with Gasteiger partial charge < -0.3 is 19.3 Å². The van der Waals surface area contributed by atoms with E-state index in [-0.39, 0.29) is 29.6 Å². The summed E-state index contributed by atoms with van der Waals surface area (Å²) in [5.74, 6) is 1.33. The number of nitrogens with zero attached hydrogens (tertiary/aromatic N) is 3. The van der Waals surface area contributed by atoms with Gasteiger partial charge in [0.05, 0.1) is 12.5 Å². The van der Waals surface area contributed by atoms with Gasteiger partial charge in [-0.1, -0.05) is 0 Å². The Kier molecular flexibility index (Phi) is 6.17. The Labute approximate surface area is 184 Å². The van der Waals surface area contributed by atoms with Crippen molar-refractivity contribution in [3.8, 4) is 5.75 Å². The van der Waals surface area contributed by atoms with Crippen molar-refractivity contribution in [1.82, 2.24) is 14.7 Å². The Balaban J connectivity index is 1.41. The van der Waals surface area contributed by atoms with E-state index in [1.807, 2.05) is 0 Å². The Bertz CT molecular complexity index is 800. The van der Waals surface area contributed by atoms with Gasteiger partial charge in [0.25, 0.3) is 0 Å². The van der Waals surface area contributed by atoms with Crippen LogP contribution in [0.5, 0.6) is 5.75 Å². The van der Waals surface area contributed by atoms with Crippen molar-refractivity contribution >= 4 is 5.91 Å².